The zero-order valence-corrected chi connectivity index (χ0v) is 12.3. The molecule has 1 heterocycles. The number of rotatable bonds is 6. The Morgan fingerprint density at radius 1 is 1.30 bits per heavy atom. The van der Waals surface area contributed by atoms with Crippen molar-refractivity contribution < 1.29 is 12.8 Å². The molecule has 0 aromatic heterocycles. The van der Waals surface area contributed by atoms with Crippen LogP contribution in [0.5, 0.6) is 0 Å². The second kappa shape index (κ2) is 7.15. The number of sulfonamides is 1. The van der Waals surface area contributed by atoms with Gasteiger partial charge in [0.1, 0.15) is 5.82 Å². The van der Waals surface area contributed by atoms with Gasteiger partial charge in [-0.1, -0.05) is 24.6 Å². The van der Waals surface area contributed by atoms with Gasteiger partial charge >= 0.3 is 0 Å². The molecule has 6 heteroatoms. The second-order valence-electron chi connectivity index (χ2n) is 5.17. The quantitative estimate of drug-likeness (QED) is 0.842. The first-order valence-electron chi connectivity index (χ1n) is 7.01. The molecule has 1 aliphatic heterocycles. The molecule has 0 radical (unpaired) electrons. The van der Waals surface area contributed by atoms with Crippen LogP contribution in [-0.2, 0) is 16.6 Å². The van der Waals surface area contributed by atoms with Crippen LogP contribution in [0.2, 0.25) is 0 Å². The van der Waals surface area contributed by atoms with Gasteiger partial charge < -0.3 is 5.32 Å². The third kappa shape index (κ3) is 4.85. The number of hydrogen-bond donors (Lipinski definition) is 2. The molecule has 112 valence electrons. The Kier molecular flexibility index (Phi) is 5.51. The molecular weight excluding hydrogens is 279 g/mol. The third-order valence-electron chi connectivity index (χ3n) is 3.59. The van der Waals surface area contributed by atoms with Crippen molar-refractivity contribution in [3.8, 4) is 0 Å². The Labute approximate surface area is 119 Å². The van der Waals surface area contributed by atoms with Crippen LogP contribution in [0.3, 0.4) is 0 Å². The lowest BCUT2D eigenvalue weighted by atomic mass is 10.0. The Morgan fingerprint density at radius 3 is 2.80 bits per heavy atom. The maximum absolute atomic E-state index is 13.4. The minimum atomic E-state index is -3.35. The molecule has 20 heavy (non-hydrogen) atoms. The fraction of sp³-hybridized carbons (Fsp3) is 0.571. The van der Waals surface area contributed by atoms with E-state index in [4.69, 9.17) is 0 Å². The van der Waals surface area contributed by atoms with Gasteiger partial charge in [-0.25, -0.2) is 17.5 Å². The van der Waals surface area contributed by atoms with Gasteiger partial charge in [-0.2, -0.15) is 0 Å². The molecule has 1 aromatic carbocycles. The van der Waals surface area contributed by atoms with Gasteiger partial charge in [0.25, 0.3) is 0 Å². The van der Waals surface area contributed by atoms with Gasteiger partial charge in [0.05, 0.1) is 5.75 Å². The standard InChI is InChI=1S/C14H21FN2O2S/c15-14-7-2-1-5-12(14)11-17-20(18,19)10-8-13-6-3-4-9-16-13/h1-2,5,7,13,16-17H,3-4,6,8-11H2. The summed E-state index contributed by atoms with van der Waals surface area (Å²) < 4.78 is 39.6. The van der Waals surface area contributed by atoms with Gasteiger partial charge in [0.2, 0.25) is 10.0 Å². The van der Waals surface area contributed by atoms with Crippen molar-refractivity contribution in [1.82, 2.24) is 10.0 Å². The smallest absolute Gasteiger partial charge is 0.211 e. The summed E-state index contributed by atoms with van der Waals surface area (Å²) in [5, 5.41) is 3.32. The highest BCUT2D eigenvalue weighted by molar-refractivity contribution is 7.89. The lowest BCUT2D eigenvalue weighted by molar-refractivity contribution is 0.392. The number of halogens is 1. The lowest BCUT2D eigenvalue weighted by Gasteiger charge is -2.23. The van der Waals surface area contributed by atoms with Crippen LogP contribution < -0.4 is 10.0 Å². The van der Waals surface area contributed by atoms with Crippen molar-refractivity contribution >= 4 is 10.0 Å². The molecule has 1 fully saturated rings. The van der Waals surface area contributed by atoms with Crippen molar-refractivity contribution in [2.75, 3.05) is 12.3 Å². The molecule has 1 aliphatic rings. The summed E-state index contributed by atoms with van der Waals surface area (Å²) in [5.41, 5.74) is 0.367. The van der Waals surface area contributed by atoms with Gasteiger partial charge in [-0.15, -0.1) is 0 Å². The monoisotopic (exact) mass is 300 g/mol. The number of piperidine rings is 1. The van der Waals surface area contributed by atoms with Crippen LogP contribution in [0.4, 0.5) is 4.39 Å². The van der Waals surface area contributed by atoms with Gasteiger partial charge in [0, 0.05) is 18.2 Å². The number of benzene rings is 1. The molecule has 1 aromatic rings. The highest BCUT2D eigenvalue weighted by Crippen LogP contribution is 2.11. The van der Waals surface area contributed by atoms with Crippen LogP contribution in [0.15, 0.2) is 24.3 Å². The summed E-state index contributed by atoms with van der Waals surface area (Å²) in [6.07, 6.45) is 3.95. The van der Waals surface area contributed by atoms with Gasteiger partial charge in [0.15, 0.2) is 0 Å². The zero-order valence-electron chi connectivity index (χ0n) is 11.4. The number of hydrogen-bond acceptors (Lipinski definition) is 3. The molecule has 1 atom stereocenters. The maximum atomic E-state index is 13.4. The van der Waals surface area contributed by atoms with E-state index in [1.165, 1.54) is 6.07 Å². The maximum Gasteiger partial charge on any atom is 0.211 e. The third-order valence-corrected chi connectivity index (χ3v) is 4.95. The predicted octanol–water partition coefficient (Wildman–Crippen LogP) is 1.78. The summed E-state index contributed by atoms with van der Waals surface area (Å²) >= 11 is 0. The number of nitrogens with one attached hydrogen (secondary N) is 2. The van der Waals surface area contributed by atoms with Crippen molar-refractivity contribution in [2.24, 2.45) is 0 Å². The van der Waals surface area contributed by atoms with E-state index in [2.05, 4.69) is 10.0 Å². The molecule has 4 nitrogen and oxygen atoms in total. The highest BCUT2D eigenvalue weighted by Gasteiger charge is 2.17. The Morgan fingerprint density at radius 2 is 2.10 bits per heavy atom. The fourth-order valence-corrected chi connectivity index (χ4v) is 3.48. The highest BCUT2D eigenvalue weighted by atomic mass is 32.2. The van der Waals surface area contributed by atoms with Crippen LogP contribution in [0, 0.1) is 5.82 Å². The van der Waals surface area contributed by atoms with E-state index in [-0.39, 0.29) is 24.2 Å². The Hall–Kier alpha value is -0.980. The van der Waals surface area contributed by atoms with Crippen molar-refractivity contribution in [2.45, 2.75) is 38.3 Å². The molecule has 0 saturated carbocycles. The first-order valence-corrected chi connectivity index (χ1v) is 8.66. The van der Waals surface area contributed by atoms with Crippen LogP contribution >= 0.6 is 0 Å². The average Bonchev–Trinajstić information content (AvgIpc) is 2.46. The van der Waals surface area contributed by atoms with Crippen molar-refractivity contribution in [3.05, 3.63) is 35.6 Å². The van der Waals surface area contributed by atoms with E-state index in [0.717, 1.165) is 25.8 Å². The minimum absolute atomic E-state index is 0.00705. The molecule has 2 rings (SSSR count). The van der Waals surface area contributed by atoms with E-state index in [9.17, 15) is 12.8 Å². The largest absolute Gasteiger partial charge is 0.314 e. The van der Waals surface area contributed by atoms with Crippen LogP contribution in [0.1, 0.15) is 31.2 Å². The molecule has 0 amide bonds. The molecular formula is C14H21FN2O2S. The van der Waals surface area contributed by atoms with Crippen molar-refractivity contribution in [1.29, 1.82) is 0 Å². The van der Waals surface area contributed by atoms with E-state index in [0.29, 0.717) is 12.0 Å². The molecule has 2 N–H and O–H groups in total. The Balaban J connectivity index is 1.80. The van der Waals surface area contributed by atoms with E-state index in [1.807, 2.05) is 0 Å². The molecule has 1 unspecified atom stereocenters. The van der Waals surface area contributed by atoms with E-state index >= 15 is 0 Å². The summed E-state index contributed by atoms with van der Waals surface area (Å²) in [4.78, 5) is 0. The summed E-state index contributed by atoms with van der Waals surface area (Å²) in [6, 6.07) is 6.48. The average molecular weight is 300 g/mol. The first-order chi connectivity index (χ1) is 9.57. The Bertz CT molecular complexity index is 528. The van der Waals surface area contributed by atoms with Crippen LogP contribution in [0.25, 0.3) is 0 Å². The van der Waals surface area contributed by atoms with E-state index in [1.54, 1.807) is 18.2 Å². The van der Waals surface area contributed by atoms with E-state index < -0.39 is 10.0 Å². The zero-order chi connectivity index (χ0) is 14.4. The molecule has 0 spiro atoms. The van der Waals surface area contributed by atoms with Gasteiger partial charge in [-0.3, -0.25) is 0 Å². The molecule has 1 saturated heterocycles. The molecule has 0 aliphatic carbocycles. The molecule has 0 bridgehead atoms. The predicted molar refractivity (Wildman–Crippen MR) is 77.3 cm³/mol. The summed E-state index contributed by atoms with van der Waals surface area (Å²) in [6.45, 7) is 0.973. The first kappa shape index (κ1) is 15.4. The van der Waals surface area contributed by atoms with Crippen LogP contribution in [-0.4, -0.2) is 26.8 Å². The van der Waals surface area contributed by atoms with Crippen molar-refractivity contribution in [3.63, 3.8) is 0 Å². The lowest BCUT2D eigenvalue weighted by Crippen LogP contribution is -2.37. The summed E-state index contributed by atoms with van der Waals surface area (Å²) in [5.74, 6) is -0.303. The minimum Gasteiger partial charge on any atom is -0.314 e. The SMILES string of the molecule is O=S(=O)(CCC1CCCCN1)NCc1ccccc1F. The van der Waals surface area contributed by atoms with Gasteiger partial charge in [-0.05, 0) is 31.9 Å². The topological polar surface area (TPSA) is 58.2 Å². The second-order valence-corrected chi connectivity index (χ2v) is 7.09. The summed E-state index contributed by atoms with van der Waals surface area (Å²) in [7, 11) is -3.35. The fourth-order valence-electron chi connectivity index (χ4n) is 2.37. The normalized spacial score (nSPS) is 19.9.